The van der Waals surface area contributed by atoms with Gasteiger partial charge in [-0.15, -0.1) is 0 Å². The van der Waals surface area contributed by atoms with Crippen molar-refractivity contribution in [2.45, 2.75) is 52.1 Å². The monoisotopic (exact) mass is 154 g/mol. The van der Waals surface area contributed by atoms with Crippen LogP contribution in [0, 0.1) is 11.3 Å². The summed E-state index contributed by atoms with van der Waals surface area (Å²) in [4.78, 5) is 0. The molecule has 0 fully saturated rings. The molecule has 0 aliphatic rings. The zero-order chi connectivity index (χ0) is 8.69. The predicted molar refractivity (Wildman–Crippen MR) is 47.2 cm³/mol. The van der Waals surface area contributed by atoms with Crippen LogP contribution < -0.4 is 5.32 Å². The average molecular weight is 154 g/mol. The van der Waals surface area contributed by atoms with Crippen molar-refractivity contribution < 1.29 is 0 Å². The number of nitrogens with one attached hydrogen (secondary N) is 1. The largest absolute Gasteiger partial charge is 0.311 e. The third-order valence-corrected chi connectivity index (χ3v) is 1.96. The van der Waals surface area contributed by atoms with E-state index in [1.807, 2.05) is 0 Å². The van der Waals surface area contributed by atoms with Gasteiger partial charge in [0.15, 0.2) is 0 Å². The van der Waals surface area contributed by atoms with Gasteiger partial charge in [-0.1, -0.05) is 13.8 Å². The number of hydrogen-bond acceptors (Lipinski definition) is 2. The average Bonchev–Trinajstić information content (AvgIpc) is 2.03. The first kappa shape index (κ1) is 10.4. The van der Waals surface area contributed by atoms with Gasteiger partial charge in [-0.05, 0) is 19.8 Å². The van der Waals surface area contributed by atoms with Crippen LogP contribution >= 0.6 is 0 Å². The van der Waals surface area contributed by atoms with Crippen LogP contribution in [0.1, 0.15) is 40.0 Å². The second kappa shape index (κ2) is 6.18. The van der Waals surface area contributed by atoms with E-state index in [-0.39, 0.29) is 0 Å². The Morgan fingerprint density at radius 1 is 1.36 bits per heavy atom. The highest BCUT2D eigenvalue weighted by Gasteiger charge is 2.07. The summed E-state index contributed by atoms with van der Waals surface area (Å²) in [7, 11) is 0. The maximum absolute atomic E-state index is 8.46. The molecule has 2 nitrogen and oxygen atoms in total. The van der Waals surface area contributed by atoms with Crippen molar-refractivity contribution in [2.75, 3.05) is 0 Å². The molecule has 0 saturated heterocycles. The molecular weight excluding hydrogens is 136 g/mol. The molecule has 0 aliphatic heterocycles. The Morgan fingerprint density at radius 2 is 2.00 bits per heavy atom. The van der Waals surface area contributed by atoms with Crippen LogP contribution in [-0.4, -0.2) is 12.1 Å². The number of rotatable bonds is 5. The summed E-state index contributed by atoms with van der Waals surface area (Å²) in [6, 6.07) is 3.11. The normalized spacial score (nSPS) is 15.5. The molecule has 0 bridgehead atoms. The first-order valence-electron chi connectivity index (χ1n) is 4.37. The molecule has 2 atom stereocenters. The van der Waals surface area contributed by atoms with Crippen LogP contribution in [0.2, 0.25) is 0 Å². The molecule has 2 heteroatoms. The molecule has 0 aromatic carbocycles. The Hall–Kier alpha value is -0.550. The first-order valence-corrected chi connectivity index (χ1v) is 4.37. The van der Waals surface area contributed by atoms with E-state index in [1.54, 1.807) is 0 Å². The van der Waals surface area contributed by atoms with Gasteiger partial charge in [-0.2, -0.15) is 5.26 Å². The Morgan fingerprint density at radius 3 is 2.36 bits per heavy atom. The maximum Gasteiger partial charge on any atom is 0.0638 e. The van der Waals surface area contributed by atoms with Crippen LogP contribution in [0.5, 0.6) is 0 Å². The molecular formula is C9H18N2. The number of nitriles is 1. The van der Waals surface area contributed by atoms with E-state index in [0.29, 0.717) is 18.5 Å². The van der Waals surface area contributed by atoms with Gasteiger partial charge >= 0.3 is 0 Å². The van der Waals surface area contributed by atoms with Crippen LogP contribution in [0.15, 0.2) is 0 Å². The van der Waals surface area contributed by atoms with Gasteiger partial charge < -0.3 is 5.32 Å². The second-order valence-electron chi connectivity index (χ2n) is 2.94. The summed E-state index contributed by atoms with van der Waals surface area (Å²) in [5.41, 5.74) is 0. The Labute approximate surface area is 69.6 Å². The third kappa shape index (κ3) is 4.80. The minimum Gasteiger partial charge on any atom is -0.311 e. The summed E-state index contributed by atoms with van der Waals surface area (Å²) in [6.07, 6.45) is 2.79. The molecule has 1 N–H and O–H groups in total. The van der Waals surface area contributed by atoms with Crippen LogP contribution in [0.3, 0.4) is 0 Å². The molecule has 2 unspecified atom stereocenters. The van der Waals surface area contributed by atoms with E-state index in [2.05, 4.69) is 32.2 Å². The van der Waals surface area contributed by atoms with E-state index < -0.39 is 0 Å². The van der Waals surface area contributed by atoms with E-state index in [4.69, 9.17) is 5.26 Å². The fourth-order valence-corrected chi connectivity index (χ4v) is 0.952. The lowest BCUT2D eigenvalue weighted by atomic mass is 10.1. The summed E-state index contributed by atoms with van der Waals surface area (Å²) in [6.45, 7) is 6.41. The van der Waals surface area contributed by atoms with Crippen molar-refractivity contribution in [3.63, 3.8) is 0 Å². The highest BCUT2D eigenvalue weighted by Crippen LogP contribution is 1.99. The van der Waals surface area contributed by atoms with Crippen molar-refractivity contribution >= 4 is 0 Å². The number of hydrogen-bond donors (Lipinski definition) is 1. The minimum absolute atomic E-state index is 0.384. The molecule has 11 heavy (non-hydrogen) atoms. The molecule has 0 aromatic heterocycles. The molecule has 0 saturated carbocycles. The van der Waals surface area contributed by atoms with Crippen molar-refractivity contribution in [3.8, 4) is 6.07 Å². The fourth-order valence-electron chi connectivity index (χ4n) is 0.952. The topological polar surface area (TPSA) is 35.8 Å². The Balaban J connectivity index is 3.60. The molecule has 0 radical (unpaired) electrons. The third-order valence-electron chi connectivity index (χ3n) is 1.96. The van der Waals surface area contributed by atoms with Crippen molar-refractivity contribution in [3.05, 3.63) is 0 Å². The summed E-state index contributed by atoms with van der Waals surface area (Å²) < 4.78 is 0. The molecule has 0 heterocycles. The first-order chi connectivity index (χ1) is 5.24. The van der Waals surface area contributed by atoms with Crippen molar-refractivity contribution in [1.29, 1.82) is 5.26 Å². The molecule has 0 spiro atoms. The molecule has 0 aromatic rings. The summed E-state index contributed by atoms with van der Waals surface area (Å²) in [5.74, 6) is 0. The summed E-state index contributed by atoms with van der Waals surface area (Å²) in [5, 5.41) is 11.9. The fraction of sp³-hybridized carbons (Fsp3) is 0.889. The zero-order valence-electron chi connectivity index (χ0n) is 7.72. The number of nitrogens with zero attached hydrogens (tertiary/aromatic N) is 1. The highest BCUT2D eigenvalue weighted by atomic mass is 14.9. The smallest absolute Gasteiger partial charge is 0.0638 e. The molecule has 0 rings (SSSR count). The van der Waals surface area contributed by atoms with Crippen LogP contribution in [0.25, 0.3) is 0 Å². The van der Waals surface area contributed by atoms with Crippen molar-refractivity contribution in [1.82, 2.24) is 5.32 Å². The lowest BCUT2D eigenvalue weighted by Gasteiger charge is -2.18. The van der Waals surface area contributed by atoms with Gasteiger partial charge in [0.25, 0.3) is 0 Å². The van der Waals surface area contributed by atoms with Gasteiger partial charge in [0.05, 0.1) is 12.5 Å². The molecule has 64 valence electrons. The molecule has 0 aliphatic carbocycles. The zero-order valence-corrected chi connectivity index (χ0v) is 7.72. The van der Waals surface area contributed by atoms with Gasteiger partial charge in [0.1, 0.15) is 0 Å². The van der Waals surface area contributed by atoms with Crippen LogP contribution in [-0.2, 0) is 0 Å². The standard InChI is InChI=1S/C9H18N2/c1-4-8(3)11-9(5-2)6-7-10/h8-9,11H,4-6H2,1-3H3. The van der Waals surface area contributed by atoms with E-state index in [0.717, 1.165) is 12.8 Å². The molecule has 0 amide bonds. The van der Waals surface area contributed by atoms with E-state index >= 15 is 0 Å². The second-order valence-corrected chi connectivity index (χ2v) is 2.94. The van der Waals surface area contributed by atoms with Crippen molar-refractivity contribution in [2.24, 2.45) is 0 Å². The highest BCUT2D eigenvalue weighted by molar-refractivity contribution is 4.81. The Kier molecular flexibility index (Phi) is 5.87. The van der Waals surface area contributed by atoms with Gasteiger partial charge in [-0.25, -0.2) is 0 Å². The maximum atomic E-state index is 8.46. The summed E-state index contributed by atoms with van der Waals surface area (Å²) >= 11 is 0. The predicted octanol–water partition coefficient (Wildman–Crippen LogP) is 2.07. The van der Waals surface area contributed by atoms with Gasteiger partial charge in [0.2, 0.25) is 0 Å². The van der Waals surface area contributed by atoms with Gasteiger partial charge in [0, 0.05) is 12.1 Å². The van der Waals surface area contributed by atoms with Crippen LogP contribution in [0.4, 0.5) is 0 Å². The lowest BCUT2D eigenvalue weighted by Crippen LogP contribution is -2.35. The van der Waals surface area contributed by atoms with E-state index in [1.165, 1.54) is 0 Å². The minimum atomic E-state index is 0.384. The quantitative estimate of drug-likeness (QED) is 0.658. The van der Waals surface area contributed by atoms with Gasteiger partial charge in [-0.3, -0.25) is 0 Å². The Bertz CT molecular complexity index is 126. The lowest BCUT2D eigenvalue weighted by molar-refractivity contribution is 0.430. The SMILES string of the molecule is CCC(C)NC(CC)CC#N. The van der Waals surface area contributed by atoms with E-state index in [9.17, 15) is 0 Å².